The summed E-state index contributed by atoms with van der Waals surface area (Å²) in [6, 6.07) is 10.1. The maximum absolute atomic E-state index is 13.5. The highest BCUT2D eigenvalue weighted by atomic mass is 19.1. The summed E-state index contributed by atoms with van der Waals surface area (Å²) in [5.74, 6) is 1.48. The Hall–Kier alpha value is -1.37. The number of hydrogen-bond donors (Lipinski definition) is 0. The Morgan fingerprint density at radius 2 is 1.74 bits per heavy atom. The molecule has 0 nitrogen and oxygen atoms in total. The lowest BCUT2D eigenvalue weighted by molar-refractivity contribution is 0.348. The Bertz CT molecular complexity index is 592. The average Bonchev–Trinajstić information content (AvgIpc) is 2.43. The standard InChI is InChI=1S/C18H21F/c1-12-3-5-14(6-4-12)15-7-9-17-13(2)18(19)10-8-16(17)11-15/h7-12,14H,3-6H2,1-2H3. The number of rotatable bonds is 1. The van der Waals surface area contributed by atoms with Crippen LogP contribution in [0, 0.1) is 18.7 Å². The second-order valence-electron chi connectivity index (χ2n) is 6.11. The molecule has 100 valence electrons. The van der Waals surface area contributed by atoms with E-state index >= 15 is 0 Å². The number of hydrogen-bond acceptors (Lipinski definition) is 0. The molecule has 1 fully saturated rings. The number of fused-ring (bicyclic) bond motifs is 1. The van der Waals surface area contributed by atoms with E-state index in [2.05, 4.69) is 25.1 Å². The van der Waals surface area contributed by atoms with Gasteiger partial charge in [-0.3, -0.25) is 0 Å². The third-order valence-electron chi connectivity index (χ3n) is 4.73. The molecule has 0 radical (unpaired) electrons. The zero-order valence-electron chi connectivity index (χ0n) is 11.7. The van der Waals surface area contributed by atoms with Crippen molar-refractivity contribution in [2.45, 2.75) is 45.4 Å². The predicted molar refractivity (Wildman–Crippen MR) is 79.0 cm³/mol. The van der Waals surface area contributed by atoms with Crippen molar-refractivity contribution in [2.24, 2.45) is 5.92 Å². The fraction of sp³-hybridized carbons (Fsp3) is 0.444. The fourth-order valence-electron chi connectivity index (χ4n) is 3.32. The van der Waals surface area contributed by atoms with Gasteiger partial charge in [-0.05, 0) is 59.6 Å². The van der Waals surface area contributed by atoms with Crippen molar-refractivity contribution in [3.63, 3.8) is 0 Å². The Morgan fingerprint density at radius 3 is 2.47 bits per heavy atom. The first kappa shape index (κ1) is 12.7. The van der Waals surface area contributed by atoms with Crippen molar-refractivity contribution in [3.8, 4) is 0 Å². The van der Waals surface area contributed by atoms with Crippen LogP contribution in [0.25, 0.3) is 10.8 Å². The molecule has 0 spiro atoms. The highest BCUT2D eigenvalue weighted by Gasteiger charge is 2.19. The van der Waals surface area contributed by atoms with Crippen molar-refractivity contribution in [1.82, 2.24) is 0 Å². The maximum Gasteiger partial charge on any atom is 0.126 e. The largest absolute Gasteiger partial charge is 0.207 e. The SMILES string of the molecule is Cc1c(F)ccc2cc(C3CCC(C)CC3)ccc12. The second-order valence-corrected chi connectivity index (χ2v) is 6.11. The van der Waals surface area contributed by atoms with Gasteiger partial charge in [0.25, 0.3) is 0 Å². The molecule has 0 saturated heterocycles. The van der Waals surface area contributed by atoms with Crippen LogP contribution in [0.4, 0.5) is 4.39 Å². The van der Waals surface area contributed by atoms with Crippen molar-refractivity contribution in [1.29, 1.82) is 0 Å². The molecule has 0 bridgehead atoms. The van der Waals surface area contributed by atoms with Crippen molar-refractivity contribution in [3.05, 3.63) is 47.3 Å². The first-order valence-electron chi connectivity index (χ1n) is 7.34. The summed E-state index contributed by atoms with van der Waals surface area (Å²) in [5, 5.41) is 2.22. The Balaban J connectivity index is 1.96. The molecule has 0 amide bonds. The minimum absolute atomic E-state index is 0.105. The van der Waals surface area contributed by atoms with E-state index in [-0.39, 0.29) is 5.82 Å². The zero-order chi connectivity index (χ0) is 13.4. The van der Waals surface area contributed by atoms with Gasteiger partial charge in [-0.1, -0.05) is 44.0 Å². The molecule has 1 aliphatic carbocycles. The third-order valence-corrected chi connectivity index (χ3v) is 4.73. The maximum atomic E-state index is 13.5. The fourth-order valence-corrected chi connectivity index (χ4v) is 3.32. The van der Waals surface area contributed by atoms with E-state index in [0.717, 1.165) is 16.9 Å². The van der Waals surface area contributed by atoms with Gasteiger partial charge in [0.1, 0.15) is 5.82 Å². The first-order valence-corrected chi connectivity index (χ1v) is 7.34. The third kappa shape index (κ3) is 2.39. The van der Waals surface area contributed by atoms with Gasteiger partial charge in [0.2, 0.25) is 0 Å². The van der Waals surface area contributed by atoms with Crippen molar-refractivity contribution < 1.29 is 4.39 Å². The lowest BCUT2D eigenvalue weighted by Gasteiger charge is -2.26. The summed E-state index contributed by atoms with van der Waals surface area (Å²) in [7, 11) is 0. The van der Waals surface area contributed by atoms with E-state index in [1.165, 1.54) is 36.6 Å². The van der Waals surface area contributed by atoms with Crippen LogP contribution in [0.1, 0.15) is 49.7 Å². The lowest BCUT2D eigenvalue weighted by Crippen LogP contribution is -2.10. The predicted octanol–water partition coefficient (Wildman–Crippen LogP) is 5.58. The summed E-state index contributed by atoms with van der Waals surface area (Å²) >= 11 is 0. The van der Waals surface area contributed by atoms with Crippen LogP contribution in [0.2, 0.25) is 0 Å². The van der Waals surface area contributed by atoms with E-state index < -0.39 is 0 Å². The van der Waals surface area contributed by atoms with Gasteiger partial charge in [-0.15, -0.1) is 0 Å². The average molecular weight is 256 g/mol. The highest BCUT2D eigenvalue weighted by molar-refractivity contribution is 5.86. The molecular formula is C18H21F. The summed E-state index contributed by atoms with van der Waals surface area (Å²) in [5.41, 5.74) is 2.20. The molecule has 0 aliphatic heterocycles. The van der Waals surface area contributed by atoms with E-state index in [9.17, 15) is 4.39 Å². The van der Waals surface area contributed by atoms with Gasteiger partial charge in [-0.2, -0.15) is 0 Å². The van der Waals surface area contributed by atoms with Crippen LogP contribution < -0.4 is 0 Å². The van der Waals surface area contributed by atoms with Crippen LogP contribution >= 0.6 is 0 Å². The topological polar surface area (TPSA) is 0 Å². The van der Waals surface area contributed by atoms with Crippen LogP contribution in [0.5, 0.6) is 0 Å². The molecule has 0 unspecified atom stereocenters. The zero-order valence-corrected chi connectivity index (χ0v) is 11.7. The van der Waals surface area contributed by atoms with E-state index in [1.54, 1.807) is 6.07 Å². The van der Waals surface area contributed by atoms with Crippen LogP contribution in [0.3, 0.4) is 0 Å². The quantitative estimate of drug-likeness (QED) is 0.624. The van der Waals surface area contributed by atoms with Gasteiger partial charge in [-0.25, -0.2) is 4.39 Å². The lowest BCUT2D eigenvalue weighted by atomic mass is 9.79. The second kappa shape index (κ2) is 4.96. The Kier molecular flexibility index (Phi) is 3.30. The normalized spacial score (nSPS) is 23.7. The van der Waals surface area contributed by atoms with Crippen molar-refractivity contribution >= 4 is 10.8 Å². The molecule has 2 aromatic rings. The van der Waals surface area contributed by atoms with Gasteiger partial charge in [0.05, 0.1) is 0 Å². The van der Waals surface area contributed by atoms with Crippen LogP contribution in [-0.2, 0) is 0 Å². The Morgan fingerprint density at radius 1 is 1.00 bits per heavy atom. The number of aryl methyl sites for hydroxylation is 1. The Labute approximate surface area is 114 Å². The molecule has 0 heterocycles. The summed E-state index contributed by atoms with van der Waals surface area (Å²) in [6.07, 6.45) is 5.27. The first-order chi connectivity index (χ1) is 9.15. The molecule has 0 aromatic heterocycles. The molecule has 1 heteroatoms. The number of benzene rings is 2. The van der Waals surface area contributed by atoms with E-state index in [4.69, 9.17) is 0 Å². The minimum Gasteiger partial charge on any atom is -0.207 e. The monoisotopic (exact) mass is 256 g/mol. The minimum atomic E-state index is -0.105. The van der Waals surface area contributed by atoms with Crippen molar-refractivity contribution in [2.75, 3.05) is 0 Å². The summed E-state index contributed by atoms with van der Waals surface area (Å²) in [4.78, 5) is 0. The molecular weight excluding hydrogens is 235 g/mol. The molecule has 19 heavy (non-hydrogen) atoms. The van der Waals surface area contributed by atoms with Gasteiger partial charge < -0.3 is 0 Å². The summed E-state index contributed by atoms with van der Waals surface area (Å²) in [6.45, 7) is 4.21. The van der Waals surface area contributed by atoms with Gasteiger partial charge in [0, 0.05) is 0 Å². The summed E-state index contributed by atoms with van der Waals surface area (Å²) < 4.78 is 13.5. The molecule has 3 rings (SSSR count). The van der Waals surface area contributed by atoms with Gasteiger partial charge >= 0.3 is 0 Å². The van der Waals surface area contributed by atoms with E-state index in [1.807, 2.05) is 13.0 Å². The van der Waals surface area contributed by atoms with Gasteiger partial charge in [0.15, 0.2) is 0 Å². The molecule has 1 saturated carbocycles. The molecule has 0 N–H and O–H groups in total. The molecule has 0 atom stereocenters. The smallest absolute Gasteiger partial charge is 0.126 e. The highest BCUT2D eigenvalue weighted by Crippen LogP contribution is 2.36. The van der Waals surface area contributed by atoms with E-state index in [0.29, 0.717) is 5.92 Å². The van der Waals surface area contributed by atoms with Crippen LogP contribution in [-0.4, -0.2) is 0 Å². The molecule has 2 aromatic carbocycles. The van der Waals surface area contributed by atoms with Crippen LogP contribution in [0.15, 0.2) is 30.3 Å². The number of halogens is 1. The molecule has 1 aliphatic rings.